The van der Waals surface area contributed by atoms with Gasteiger partial charge >= 0.3 is 6.03 Å². The van der Waals surface area contributed by atoms with Gasteiger partial charge in [-0.05, 0) is 89.8 Å². The third-order valence-corrected chi connectivity index (χ3v) is 6.23. The van der Waals surface area contributed by atoms with Crippen LogP contribution in [0.4, 0.5) is 10.6 Å². The monoisotopic (exact) mass is 363 g/mol. The van der Waals surface area contributed by atoms with E-state index in [0.717, 1.165) is 28.8 Å². The van der Waals surface area contributed by atoms with Crippen molar-refractivity contribution in [2.45, 2.75) is 38.5 Å². The first kappa shape index (κ1) is 14.5. The van der Waals surface area contributed by atoms with Gasteiger partial charge in [0.25, 0.3) is 0 Å². The molecule has 4 saturated carbocycles. The molecule has 2 N–H and O–H groups in total. The maximum Gasteiger partial charge on any atom is 0.320 e. The first-order valence-corrected chi connectivity index (χ1v) is 9.06. The Morgan fingerprint density at radius 1 is 1.18 bits per heavy atom. The predicted octanol–water partition coefficient (Wildman–Crippen LogP) is 4.18. The van der Waals surface area contributed by atoms with E-state index in [1.807, 2.05) is 6.07 Å². The zero-order valence-electron chi connectivity index (χ0n) is 12.6. The van der Waals surface area contributed by atoms with Gasteiger partial charge in [-0.25, -0.2) is 9.78 Å². The van der Waals surface area contributed by atoms with Crippen LogP contribution in [0, 0.1) is 23.2 Å². The molecule has 4 nitrogen and oxygen atoms in total. The number of nitrogens with one attached hydrogen (secondary N) is 2. The fourth-order valence-corrected chi connectivity index (χ4v) is 5.62. The van der Waals surface area contributed by atoms with Crippen LogP contribution < -0.4 is 10.6 Å². The van der Waals surface area contributed by atoms with Gasteiger partial charge < -0.3 is 5.32 Å². The van der Waals surface area contributed by atoms with Gasteiger partial charge in [0.15, 0.2) is 0 Å². The molecule has 1 aromatic heterocycles. The summed E-state index contributed by atoms with van der Waals surface area (Å²) in [6.07, 6.45) is 9.95. The maximum atomic E-state index is 12.1. The summed E-state index contributed by atoms with van der Waals surface area (Å²) in [7, 11) is 0. The van der Waals surface area contributed by atoms with Gasteiger partial charge in [-0.3, -0.25) is 5.32 Å². The summed E-state index contributed by atoms with van der Waals surface area (Å²) in [6.45, 7) is 0.818. The van der Waals surface area contributed by atoms with Crippen LogP contribution in [0.25, 0.3) is 0 Å². The number of nitrogens with zero attached hydrogens (tertiary/aromatic N) is 1. The second-order valence-electron chi connectivity index (χ2n) is 7.59. The first-order valence-electron chi connectivity index (χ1n) is 8.27. The zero-order valence-corrected chi connectivity index (χ0v) is 14.2. The summed E-state index contributed by atoms with van der Waals surface area (Å²) in [5, 5.41) is 5.92. The van der Waals surface area contributed by atoms with Crippen LogP contribution in [0.5, 0.6) is 0 Å². The fourth-order valence-electron chi connectivity index (χ4n) is 5.38. The largest absolute Gasteiger partial charge is 0.337 e. The lowest BCUT2D eigenvalue weighted by atomic mass is 9.49. The summed E-state index contributed by atoms with van der Waals surface area (Å²) in [4.78, 5) is 16.3. The van der Waals surface area contributed by atoms with Crippen LogP contribution in [0.2, 0.25) is 0 Å². The molecule has 0 aliphatic heterocycles. The second kappa shape index (κ2) is 5.52. The average Bonchev–Trinajstić information content (AvgIpc) is 2.46. The lowest BCUT2D eigenvalue weighted by Gasteiger charge is -2.56. The Balaban J connectivity index is 1.34. The molecular weight excluding hydrogens is 342 g/mol. The van der Waals surface area contributed by atoms with Crippen LogP contribution in [0.3, 0.4) is 0 Å². The molecule has 1 aromatic rings. The number of hydrogen-bond donors (Lipinski definition) is 2. The molecule has 0 saturated heterocycles. The van der Waals surface area contributed by atoms with Crippen molar-refractivity contribution in [3.05, 3.63) is 22.8 Å². The molecule has 5 rings (SSSR count). The van der Waals surface area contributed by atoms with Crippen LogP contribution in [0.15, 0.2) is 22.8 Å². The van der Waals surface area contributed by atoms with E-state index in [-0.39, 0.29) is 6.03 Å². The van der Waals surface area contributed by atoms with Gasteiger partial charge in [0, 0.05) is 17.2 Å². The second-order valence-corrected chi connectivity index (χ2v) is 8.50. The summed E-state index contributed by atoms with van der Waals surface area (Å²) in [5.74, 6) is 3.35. The zero-order chi connectivity index (χ0) is 15.2. The minimum Gasteiger partial charge on any atom is -0.337 e. The summed E-state index contributed by atoms with van der Waals surface area (Å²) < 4.78 is 0.909. The molecule has 1 heterocycles. The minimum absolute atomic E-state index is 0.134. The summed E-state index contributed by atoms with van der Waals surface area (Å²) >= 11 is 3.34. The minimum atomic E-state index is -0.134. The third-order valence-electron chi connectivity index (χ3n) is 5.76. The fraction of sp³-hybridized carbons (Fsp3) is 0.647. The van der Waals surface area contributed by atoms with Crippen molar-refractivity contribution in [3.8, 4) is 0 Å². The van der Waals surface area contributed by atoms with Gasteiger partial charge in [0.2, 0.25) is 0 Å². The maximum absolute atomic E-state index is 12.1. The lowest BCUT2D eigenvalue weighted by molar-refractivity contribution is -0.0496. The molecule has 2 amide bonds. The SMILES string of the molecule is O=C(NCC12CC3CC(CC(C3)C1)C2)Nc1ccc(Br)cn1. The first-order chi connectivity index (χ1) is 10.6. The molecule has 4 fully saturated rings. The molecule has 4 aliphatic rings. The van der Waals surface area contributed by atoms with Gasteiger partial charge in [0.05, 0.1) is 0 Å². The van der Waals surface area contributed by atoms with Crippen molar-refractivity contribution in [1.29, 1.82) is 0 Å². The molecule has 118 valence electrons. The van der Waals surface area contributed by atoms with Crippen molar-refractivity contribution < 1.29 is 4.79 Å². The Bertz CT molecular complexity index is 536. The number of carbonyl (C=O) groups is 1. The Morgan fingerprint density at radius 2 is 1.82 bits per heavy atom. The van der Waals surface area contributed by atoms with Crippen molar-refractivity contribution in [3.63, 3.8) is 0 Å². The molecule has 5 heteroatoms. The molecule has 4 aliphatic carbocycles. The normalized spacial score (nSPS) is 35.4. The smallest absolute Gasteiger partial charge is 0.320 e. The quantitative estimate of drug-likeness (QED) is 0.845. The van der Waals surface area contributed by atoms with Crippen molar-refractivity contribution >= 4 is 27.8 Å². The number of amides is 2. The van der Waals surface area contributed by atoms with Crippen LogP contribution in [-0.4, -0.2) is 17.6 Å². The van der Waals surface area contributed by atoms with Crippen molar-refractivity contribution in [1.82, 2.24) is 10.3 Å². The van der Waals surface area contributed by atoms with Crippen molar-refractivity contribution in [2.24, 2.45) is 23.2 Å². The highest BCUT2D eigenvalue weighted by Gasteiger charge is 2.50. The Morgan fingerprint density at radius 3 is 2.36 bits per heavy atom. The van der Waals surface area contributed by atoms with E-state index in [1.54, 1.807) is 12.3 Å². The van der Waals surface area contributed by atoms with E-state index in [1.165, 1.54) is 38.5 Å². The molecule has 0 unspecified atom stereocenters. The molecule has 4 bridgehead atoms. The third kappa shape index (κ3) is 2.87. The van der Waals surface area contributed by atoms with E-state index in [9.17, 15) is 4.79 Å². The van der Waals surface area contributed by atoms with Gasteiger partial charge in [-0.2, -0.15) is 0 Å². The highest BCUT2D eigenvalue weighted by atomic mass is 79.9. The average molecular weight is 364 g/mol. The van der Waals surface area contributed by atoms with Crippen LogP contribution in [-0.2, 0) is 0 Å². The van der Waals surface area contributed by atoms with Crippen LogP contribution >= 0.6 is 15.9 Å². The van der Waals surface area contributed by atoms with Gasteiger partial charge in [-0.15, -0.1) is 0 Å². The van der Waals surface area contributed by atoms with E-state index in [4.69, 9.17) is 0 Å². The number of anilines is 1. The highest BCUT2D eigenvalue weighted by Crippen LogP contribution is 2.59. The molecule has 0 aromatic carbocycles. The Labute approximate surface area is 139 Å². The number of halogens is 1. The Kier molecular flexibility index (Phi) is 3.63. The number of rotatable bonds is 3. The van der Waals surface area contributed by atoms with E-state index >= 15 is 0 Å². The number of carbonyl (C=O) groups excluding carboxylic acids is 1. The molecule has 0 atom stereocenters. The van der Waals surface area contributed by atoms with E-state index in [0.29, 0.717) is 11.2 Å². The number of pyridine rings is 1. The van der Waals surface area contributed by atoms with Crippen LogP contribution in [0.1, 0.15) is 38.5 Å². The number of aromatic nitrogens is 1. The molecule has 22 heavy (non-hydrogen) atoms. The topological polar surface area (TPSA) is 54.0 Å². The summed E-state index contributed by atoms with van der Waals surface area (Å²) in [6, 6.07) is 3.54. The molecule has 0 radical (unpaired) electrons. The Hall–Kier alpha value is -1.10. The van der Waals surface area contributed by atoms with Gasteiger partial charge in [-0.1, -0.05) is 0 Å². The summed E-state index contributed by atoms with van der Waals surface area (Å²) in [5.41, 5.74) is 0.374. The van der Waals surface area contributed by atoms with Gasteiger partial charge in [0.1, 0.15) is 5.82 Å². The standard InChI is InChI=1S/C17H22BrN3O/c18-14-1-2-15(19-9-14)21-16(22)20-10-17-6-11-3-12(7-17)5-13(4-11)8-17/h1-2,9,11-13H,3-8,10H2,(H2,19,20,21,22). The van der Waals surface area contributed by atoms with E-state index in [2.05, 4.69) is 31.5 Å². The molecular formula is C17H22BrN3O. The lowest BCUT2D eigenvalue weighted by Crippen LogP contribution is -2.51. The number of hydrogen-bond acceptors (Lipinski definition) is 2. The van der Waals surface area contributed by atoms with E-state index < -0.39 is 0 Å². The predicted molar refractivity (Wildman–Crippen MR) is 89.6 cm³/mol. The highest BCUT2D eigenvalue weighted by molar-refractivity contribution is 9.10. The number of urea groups is 1. The molecule has 0 spiro atoms. The van der Waals surface area contributed by atoms with Crippen molar-refractivity contribution in [2.75, 3.05) is 11.9 Å².